The molecule has 0 amide bonds. The minimum atomic E-state index is -3.46. The van der Waals surface area contributed by atoms with Gasteiger partial charge in [0.2, 0.25) is 16.0 Å². The second kappa shape index (κ2) is 10.8. The van der Waals surface area contributed by atoms with Crippen LogP contribution in [-0.4, -0.2) is 49.2 Å². The molecule has 33 heavy (non-hydrogen) atoms. The van der Waals surface area contributed by atoms with E-state index < -0.39 is 10.0 Å². The molecule has 0 spiro atoms. The molecule has 1 aromatic carbocycles. The number of nitriles is 1. The average molecular weight is 489 g/mol. The predicted molar refractivity (Wildman–Crippen MR) is 125 cm³/mol. The fourth-order valence-electron chi connectivity index (χ4n) is 2.71. The molecule has 3 rings (SSSR count). The number of halogens is 1. The lowest BCUT2D eigenvalue weighted by molar-refractivity contribution is 0.301. The molecular weight excluding hydrogens is 468 g/mol. The van der Waals surface area contributed by atoms with Crippen molar-refractivity contribution >= 4 is 39.1 Å². The molecule has 0 atom stereocenters. The molecule has 3 aromatic rings. The van der Waals surface area contributed by atoms with Gasteiger partial charge in [0.15, 0.2) is 5.75 Å². The number of nitrogens with one attached hydrogen (secondary N) is 1. The quantitative estimate of drug-likeness (QED) is 0.427. The number of pyridine rings is 1. The van der Waals surface area contributed by atoms with Gasteiger partial charge in [-0.05, 0) is 30.3 Å². The molecule has 0 aliphatic carbocycles. The molecule has 0 aliphatic heterocycles. The molecule has 0 aliphatic rings. The lowest BCUT2D eigenvalue weighted by atomic mass is 10.2. The first kappa shape index (κ1) is 24.0. The van der Waals surface area contributed by atoms with Gasteiger partial charge in [-0.2, -0.15) is 5.26 Å². The van der Waals surface area contributed by atoms with Crippen molar-refractivity contribution in [1.82, 2.24) is 15.0 Å². The fraction of sp³-hybridized carbons (Fsp3) is 0.238. The Balaban J connectivity index is 1.66. The van der Waals surface area contributed by atoms with Gasteiger partial charge in [0.1, 0.15) is 30.9 Å². The summed E-state index contributed by atoms with van der Waals surface area (Å²) in [5.74, 6) is 1.86. The highest BCUT2D eigenvalue weighted by Crippen LogP contribution is 2.27. The average Bonchev–Trinajstić information content (AvgIpc) is 2.80. The summed E-state index contributed by atoms with van der Waals surface area (Å²) in [5, 5.41) is 9.39. The first-order valence-corrected chi connectivity index (χ1v) is 12.1. The maximum absolute atomic E-state index is 11.3. The van der Waals surface area contributed by atoms with Crippen LogP contribution in [0.2, 0.25) is 0 Å². The minimum Gasteiger partial charge on any atom is -0.489 e. The Bertz CT molecular complexity index is 1250. The number of hydrogen-bond acceptors (Lipinski definition) is 9. The van der Waals surface area contributed by atoms with Crippen molar-refractivity contribution in [2.45, 2.75) is 6.61 Å². The van der Waals surface area contributed by atoms with E-state index in [2.05, 4.69) is 25.7 Å². The van der Waals surface area contributed by atoms with Crippen molar-refractivity contribution in [1.29, 1.82) is 5.26 Å². The van der Waals surface area contributed by atoms with Crippen LogP contribution in [0.3, 0.4) is 0 Å². The lowest BCUT2D eigenvalue weighted by Crippen LogP contribution is -2.13. The third-order valence-electron chi connectivity index (χ3n) is 4.25. The number of ether oxygens (including phenoxy) is 2. The van der Waals surface area contributed by atoms with Crippen molar-refractivity contribution < 1.29 is 17.9 Å². The summed E-state index contributed by atoms with van der Waals surface area (Å²) < 4.78 is 36.0. The number of rotatable bonds is 10. The molecule has 2 heterocycles. The van der Waals surface area contributed by atoms with Crippen LogP contribution < -0.4 is 19.1 Å². The van der Waals surface area contributed by atoms with Crippen LogP contribution in [0.25, 0.3) is 0 Å². The number of alkyl halides is 1. The molecule has 0 bridgehead atoms. The Morgan fingerprint density at radius 2 is 1.94 bits per heavy atom. The first-order valence-electron chi connectivity index (χ1n) is 9.64. The van der Waals surface area contributed by atoms with E-state index in [1.54, 1.807) is 24.3 Å². The van der Waals surface area contributed by atoms with Crippen LogP contribution in [0.5, 0.6) is 11.5 Å². The molecule has 172 valence electrons. The maximum Gasteiger partial charge on any atom is 0.236 e. The Kier molecular flexibility index (Phi) is 7.87. The number of sulfonamides is 1. The molecular formula is C21H21ClN6O4S. The molecule has 0 saturated heterocycles. The van der Waals surface area contributed by atoms with E-state index in [1.165, 1.54) is 12.4 Å². The van der Waals surface area contributed by atoms with Gasteiger partial charge in [0.05, 0.1) is 29.6 Å². The van der Waals surface area contributed by atoms with Crippen molar-refractivity contribution in [2.24, 2.45) is 0 Å². The summed E-state index contributed by atoms with van der Waals surface area (Å²) in [6.07, 6.45) is 3.98. The molecule has 10 nitrogen and oxygen atoms in total. The zero-order valence-corrected chi connectivity index (χ0v) is 19.5. The highest BCUT2D eigenvalue weighted by Gasteiger charge is 2.11. The predicted octanol–water partition coefficient (Wildman–Crippen LogP) is 3.08. The molecule has 0 unspecified atom stereocenters. The van der Waals surface area contributed by atoms with E-state index in [0.29, 0.717) is 41.1 Å². The third-order valence-corrected chi connectivity index (χ3v) is 4.96. The van der Waals surface area contributed by atoms with E-state index in [9.17, 15) is 13.7 Å². The monoisotopic (exact) mass is 488 g/mol. The Morgan fingerprint density at radius 3 is 2.61 bits per heavy atom. The molecule has 12 heteroatoms. The van der Waals surface area contributed by atoms with Crippen LogP contribution in [0.1, 0.15) is 11.3 Å². The summed E-state index contributed by atoms with van der Waals surface area (Å²) in [6, 6.07) is 12.6. The highest BCUT2D eigenvalue weighted by molar-refractivity contribution is 7.91. The molecule has 0 radical (unpaired) electrons. The van der Waals surface area contributed by atoms with Crippen molar-refractivity contribution in [3.05, 3.63) is 60.0 Å². The fourth-order valence-corrected chi connectivity index (χ4v) is 3.22. The van der Waals surface area contributed by atoms with Gasteiger partial charge >= 0.3 is 0 Å². The van der Waals surface area contributed by atoms with Gasteiger partial charge in [-0.15, -0.1) is 11.6 Å². The largest absolute Gasteiger partial charge is 0.489 e. The zero-order chi connectivity index (χ0) is 23.8. The van der Waals surface area contributed by atoms with Crippen LogP contribution in [-0.2, 0) is 16.6 Å². The summed E-state index contributed by atoms with van der Waals surface area (Å²) in [7, 11) is -1.63. The second-order valence-electron chi connectivity index (χ2n) is 6.78. The van der Waals surface area contributed by atoms with Crippen molar-refractivity contribution in [3.63, 3.8) is 0 Å². The smallest absolute Gasteiger partial charge is 0.236 e. The minimum absolute atomic E-state index is 0.0149. The van der Waals surface area contributed by atoms with Crippen LogP contribution in [0, 0.1) is 11.3 Å². The lowest BCUT2D eigenvalue weighted by Gasteiger charge is -2.19. The van der Waals surface area contributed by atoms with E-state index in [4.69, 9.17) is 21.1 Å². The third kappa shape index (κ3) is 6.93. The van der Waals surface area contributed by atoms with Gasteiger partial charge in [-0.1, -0.05) is 0 Å². The number of anilines is 3. The summed E-state index contributed by atoms with van der Waals surface area (Å²) in [6.45, 7) is 0.423. The van der Waals surface area contributed by atoms with E-state index in [-0.39, 0.29) is 12.6 Å². The van der Waals surface area contributed by atoms with E-state index in [0.717, 1.165) is 11.9 Å². The number of nitrogens with zero attached hydrogens (tertiary/aromatic N) is 5. The van der Waals surface area contributed by atoms with E-state index >= 15 is 0 Å². The van der Waals surface area contributed by atoms with Crippen LogP contribution in [0.4, 0.5) is 17.5 Å². The molecule has 0 saturated carbocycles. The van der Waals surface area contributed by atoms with E-state index in [1.807, 2.05) is 24.1 Å². The Labute approximate surface area is 196 Å². The summed E-state index contributed by atoms with van der Waals surface area (Å²) >= 11 is 5.63. The first-order chi connectivity index (χ1) is 15.8. The van der Waals surface area contributed by atoms with Gasteiger partial charge in [-0.3, -0.25) is 4.72 Å². The molecule has 2 aromatic heterocycles. The normalized spacial score (nSPS) is 10.8. The summed E-state index contributed by atoms with van der Waals surface area (Å²) in [5.41, 5.74) is 1.71. The number of hydrogen-bond donors (Lipinski definition) is 1. The standard InChI is InChI=1S/C21H21ClN6O4S/c1-28(20-11-15(12-23)19(13-25-20)31-10-8-22)17-3-5-18(6-4-17)32-14-16-7-9-24-21(26-16)27-33(2,29)30/h3-7,9,11,13H,8,10,14H2,1-2H3,(H,24,26,27). The maximum atomic E-state index is 11.3. The van der Waals surface area contributed by atoms with Crippen molar-refractivity contribution in [2.75, 3.05) is 35.4 Å². The number of benzene rings is 1. The number of aromatic nitrogens is 3. The van der Waals surface area contributed by atoms with Gasteiger partial charge in [0, 0.05) is 25.0 Å². The van der Waals surface area contributed by atoms with Gasteiger partial charge in [-0.25, -0.2) is 23.4 Å². The SMILES string of the molecule is CN(c1ccc(OCc2ccnc(NS(C)(=O)=O)n2)cc1)c1cc(C#N)c(OCCCl)cn1. The van der Waals surface area contributed by atoms with Gasteiger partial charge in [0.25, 0.3) is 0 Å². The highest BCUT2D eigenvalue weighted by atomic mass is 35.5. The van der Waals surface area contributed by atoms with Crippen molar-refractivity contribution in [3.8, 4) is 17.6 Å². The summed E-state index contributed by atoms with van der Waals surface area (Å²) in [4.78, 5) is 14.2. The topological polar surface area (TPSA) is 130 Å². The Morgan fingerprint density at radius 1 is 1.18 bits per heavy atom. The molecule has 1 N–H and O–H groups in total. The molecule has 0 fully saturated rings. The zero-order valence-electron chi connectivity index (χ0n) is 17.9. The van der Waals surface area contributed by atoms with Gasteiger partial charge < -0.3 is 14.4 Å². The van der Waals surface area contributed by atoms with Crippen LogP contribution in [0.15, 0.2) is 48.8 Å². The second-order valence-corrected chi connectivity index (χ2v) is 8.90. The Hall–Kier alpha value is -3.62. The van der Waals surface area contributed by atoms with Crippen LogP contribution >= 0.6 is 11.6 Å².